The molecule has 1 amide bonds. The third-order valence-corrected chi connectivity index (χ3v) is 4.68. The van der Waals surface area contributed by atoms with Crippen LogP contribution in [-0.4, -0.2) is 17.5 Å². The molecule has 0 aliphatic heterocycles. The zero-order chi connectivity index (χ0) is 21.3. The smallest absolute Gasteiger partial charge is 0.237 e. The molecular formula is C23H20BrN3O3. The first-order valence-corrected chi connectivity index (χ1v) is 10.2. The molecule has 0 unspecified atom stereocenters. The van der Waals surface area contributed by atoms with E-state index < -0.39 is 0 Å². The Bertz CT molecular complexity index is 1080. The Balaban J connectivity index is 1.50. The lowest BCUT2D eigenvalue weighted by Gasteiger charge is -2.11. The second-order valence-electron chi connectivity index (χ2n) is 6.50. The molecule has 6 nitrogen and oxygen atoms in total. The number of carbonyl (C=O) groups is 1. The Labute approximate surface area is 183 Å². The van der Waals surface area contributed by atoms with Crippen LogP contribution < -0.4 is 14.8 Å². The van der Waals surface area contributed by atoms with Crippen molar-refractivity contribution in [3.05, 3.63) is 76.4 Å². The zero-order valence-corrected chi connectivity index (χ0v) is 18.0. The summed E-state index contributed by atoms with van der Waals surface area (Å²) in [7, 11) is 0. The van der Waals surface area contributed by atoms with E-state index in [2.05, 4.69) is 26.2 Å². The third-order valence-electron chi connectivity index (χ3n) is 4.19. The predicted octanol–water partition coefficient (Wildman–Crippen LogP) is 5.61. The van der Waals surface area contributed by atoms with E-state index in [9.17, 15) is 4.79 Å². The highest BCUT2D eigenvalue weighted by atomic mass is 79.9. The van der Waals surface area contributed by atoms with Crippen LogP contribution in [0.3, 0.4) is 0 Å². The summed E-state index contributed by atoms with van der Waals surface area (Å²) in [6, 6.07) is 18.3. The number of pyridine rings is 1. The highest BCUT2D eigenvalue weighted by molar-refractivity contribution is 9.10. The number of aromatic nitrogens is 1. The van der Waals surface area contributed by atoms with Crippen LogP contribution in [0.25, 0.3) is 0 Å². The normalized spacial score (nSPS) is 10.2. The first-order valence-electron chi connectivity index (χ1n) is 9.37. The number of halogens is 1. The van der Waals surface area contributed by atoms with E-state index in [0.29, 0.717) is 36.4 Å². The molecule has 1 heterocycles. The van der Waals surface area contributed by atoms with Crippen LogP contribution in [0.5, 0.6) is 17.4 Å². The van der Waals surface area contributed by atoms with Crippen molar-refractivity contribution in [1.29, 1.82) is 5.26 Å². The number of nitrogens with zero attached hydrogens (tertiary/aromatic N) is 2. The summed E-state index contributed by atoms with van der Waals surface area (Å²) in [5.41, 5.74) is 1.92. The van der Waals surface area contributed by atoms with Crippen molar-refractivity contribution in [2.75, 3.05) is 11.9 Å². The maximum atomic E-state index is 12.2. The second-order valence-corrected chi connectivity index (χ2v) is 7.42. The van der Waals surface area contributed by atoms with Gasteiger partial charge in [0, 0.05) is 22.8 Å². The lowest BCUT2D eigenvalue weighted by Crippen LogP contribution is -2.13. The summed E-state index contributed by atoms with van der Waals surface area (Å²) in [5.74, 6) is 1.48. The van der Waals surface area contributed by atoms with Gasteiger partial charge >= 0.3 is 0 Å². The summed E-state index contributed by atoms with van der Waals surface area (Å²) < 4.78 is 12.3. The molecule has 0 saturated carbocycles. The minimum Gasteiger partial charge on any atom is -0.494 e. The number of anilines is 1. The van der Waals surface area contributed by atoms with Gasteiger partial charge in [0.15, 0.2) is 0 Å². The average Bonchev–Trinajstić information content (AvgIpc) is 2.74. The van der Waals surface area contributed by atoms with Crippen LogP contribution in [0.15, 0.2) is 65.3 Å². The lowest BCUT2D eigenvalue weighted by molar-refractivity contribution is -0.116. The van der Waals surface area contributed by atoms with Crippen LogP contribution in [0, 0.1) is 18.3 Å². The van der Waals surface area contributed by atoms with Crippen molar-refractivity contribution < 1.29 is 14.3 Å². The number of hydrogen-bond donors (Lipinski definition) is 1. The summed E-state index contributed by atoms with van der Waals surface area (Å²) in [5, 5.41) is 12.0. The number of rotatable bonds is 8. The molecule has 0 atom stereocenters. The summed E-state index contributed by atoms with van der Waals surface area (Å²) in [6.07, 6.45) is 2.53. The first-order chi connectivity index (χ1) is 14.5. The minimum atomic E-state index is -0.0823. The molecule has 2 aromatic carbocycles. The summed E-state index contributed by atoms with van der Waals surface area (Å²) >= 11 is 3.40. The fourth-order valence-corrected chi connectivity index (χ4v) is 3.08. The van der Waals surface area contributed by atoms with Crippen LogP contribution in [-0.2, 0) is 4.79 Å². The third kappa shape index (κ3) is 6.06. The van der Waals surface area contributed by atoms with Crippen LogP contribution in [0.4, 0.5) is 5.69 Å². The van der Waals surface area contributed by atoms with Crippen molar-refractivity contribution >= 4 is 27.5 Å². The number of carbonyl (C=O) groups excluding carboxylic acids is 1. The van der Waals surface area contributed by atoms with E-state index in [1.807, 2.05) is 37.3 Å². The molecule has 0 aliphatic carbocycles. The van der Waals surface area contributed by atoms with Gasteiger partial charge in [-0.05, 0) is 67.4 Å². The molecule has 3 rings (SSSR count). The molecule has 3 aromatic rings. The standard InChI is InChI=1S/C23H20BrN3O3/c1-16-13-20(30-23-17(15-25)5-3-11-26-23)9-10-21(16)27-22(28)8-4-12-29-19-7-2-6-18(24)14-19/h2-3,5-7,9-11,13-14H,4,8,12H2,1H3,(H,27,28). The molecule has 0 aliphatic rings. The van der Waals surface area contributed by atoms with E-state index in [-0.39, 0.29) is 11.8 Å². The van der Waals surface area contributed by atoms with Gasteiger partial charge in [-0.2, -0.15) is 5.26 Å². The van der Waals surface area contributed by atoms with Gasteiger partial charge in [-0.25, -0.2) is 4.98 Å². The SMILES string of the molecule is Cc1cc(Oc2ncccc2C#N)ccc1NC(=O)CCCOc1cccc(Br)c1. The highest BCUT2D eigenvalue weighted by Crippen LogP contribution is 2.27. The fourth-order valence-electron chi connectivity index (χ4n) is 2.70. The number of ether oxygens (including phenoxy) is 2. The van der Waals surface area contributed by atoms with E-state index in [1.54, 1.807) is 36.5 Å². The molecule has 7 heteroatoms. The van der Waals surface area contributed by atoms with E-state index in [4.69, 9.17) is 14.7 Å². The number of aryl methyl sites for hydroxylation is 1. The number of benzene rings is 2. The lowest BCUT2D eigenvalue weighted by atomic mass is 10.2. The maximum Gasteiger partial charge on any atom is 0.237 e. The Morgan fingerprint density at radius 2 is 2.03 bits per heavy atom. The van der Waals surface area contributed by atoms with Crippen molar-refractivity contribution in [1.82, 2.24) is 4.98 Å². The summed E-state index contributed by atoms with van der Waals surface area (Å²) in [6.45, 7) is 2.34. The van der Waals surface area contributed by atoms with E-state index in [0.717, 1.165) is 15.8 Å². The predicted molar refractivity (Wildman–Crippen MR) is 118 cm³/mol. The van der Waals surface area contributed by atoms with Crippen LogP contribution in [0.1, 0.15) is 24.0 Å². The van der Waals surface area contributed by atoms with Gasteiger partial charge in [0.2, 0.25) is 11.8 Å². The quantitative estimate of drug-likeness (QED) is 0.436. The van der Waals surface area contributed by atoms with E-state index >= 15 is 0 Å². The molecule has 0 spiro atoms. The fraction of sp³-hybridized carbons (Fsp3) is 0.174. The topological polar surface area (TPSA) is 84.2 Å². The summed E-state index contributed by atoms with van der Waals surface area (Å²) in [4.78, 5) is 16.3. The Morgan fingerprint density at radius 3 is 2.80 bits per heavy atom. The molecule has 152 valence electrons. The highest BCUT2D eigenvalue weighted by Gasteiger charge is 2.09. The van der Waals surface area contributed by atoms with Gasteiger partial charge < -0.3 is 14.8 Å². The van der Waals surface area contributed by atoms with E-state index in [1.165, 1.54) is 0 Å². The Kier molecular flexibility index (Phi) is 7.41. The van der Waals surface area contributed by atoms with Gasteiger partial charge in [-0.15, -0.1) is 0 Å². The van der Waals surface area contributed by atoms with Gasteiger partial charge in [0.1, 0.15) is 23.1 Å². The molecule has 0 saturated heterocycles. The molecule has 30 heavy (non-hydrogen) atoms. The van der Waals surface area contributed by atoms with Crippen molar-refractivity contribution in [2.24, 2.45) is 0 Å². The molecule has 1 aromatic heterocycles. The number of hydrogen-bond acceptors (Lipinski definition) is 5. The second kappa shape index (κ2) is 10.4. The van der Waals surface area contributed by atoms with Crippen molar-refractivity contribution in [3.63, 3.8) is 0 Å². The minimum absolute atomic E-state index is 0.0823. The van der Waals surface area contributed by atoms with Gasteiger partial charge in [0.05, 0.1) is 6.61 Å². The molecule has 0 fully saturated rings. The maximum absolute atomic E-state index is 12.2. The first kappa shape index (κ1) is 21.3. The van der Waals surface area contributed by atoms with Crippen LogP contribution >= 0.6 is 15.9 Å². The number of nitriles is 1. The Hall–Kier alpha value is -3.37. The van der Waals surface area contributed by atoms with Crippen molar-refractivity contribution in [3.8, 4) is 23.4 Å². The van der Waals surface area contributed by atoms with Crippen LogP contribution in [0.2, 0.25) is 0 Å². The zero-order valence-electron chi connectivity index (χ0n) is 16.4. The Morgan fingerprint density at radius 1 is 1.17 bits per heavy atom. The van der Waals surface area contributed by atoms with Gasteiger partial charge in [0.25, 0.3) is 0 Å². The van der Waals surface area contributed by atoms with Crippen molar-refractivity contribution in [2.45, 2.75) is 19.8 Å². The monoisotopic (exact) mass is 465 g/mol. The van der Waals surface area contributed by atoms with Gasteiger partial charge in [-0.3, -0.25) is 4.79 Å². The number of amides is 1. The molecule has 1 N–H and O–H groups in total. The molecular weight excluding hydrogens is 446 g/mol. The largest absolute Gasteiger partial charge is 0.494 e. The average molecular weight is 466 g/mol. The number of nitrogens with one attached hydrogen (secondary N) is 1. The van der Waals surface area contributed by atoms with Gasteiger partial charge in [-0.1, -0.05) is 22.0 Å². The molecule has 0 radical (unpaired) electrons. The molecule has 0 bridgehead atoms.